The topological polar surface area (TPSA) is 60.2 Å². The highest BCUT2D eigenvalue weighted by Gasteiger charge is 2.43. The highest BCUT2D eigenvalue weighted by Crippen LogP contribution is 2.41. The molecule has 4 rings (SSSR count). The lowest BCUT2D eigenvalue weighted by Crippen LogP contribution is -2.47. The first-order chi connectivity index (χ1) is 12.7. The van der Waals surface area contributed by atoms with Gasteiger partial charge >= 0.3 is 0 Å². The molecule has 2 atom stereocenters. The van der Waals surface area contributed by atoms with Crippen LogP contribution < -0.4 is 0 Å². The Morgan fingerprint density at radius 3 is 2.65 bits per heavy atom. The molecule has 2 aliphatic heterocycles. The molecule has 2 fully saturated rings. The van der Waals surface area contributed by atoms with Crippen LogP contribution in [0.5, 0.6) is 0 Å². The van der Waals surface area contributed by atoms with E-state index in [9.17, 15) is 4.79 Å². The second-order valence-corrected chi connectivity index (χ2v) is 8.06. The Hall–Kier alpha value is -1.73. The van der Waals surface area contributed by atoms with E-state index in [1.54, 1.807) is 7.11 Å². The minimum atomic E-state index is 0.238. The highest BCUT2D eigenvalue weighted by molar-refractivity contribution is 9.10. The van der Waals surface area contributed by atoms with Gasteiger partial charge in [0, 0.05) is 23.7 Å². The molecule has 0 spiro atoms. The number of halogens is 1. The maximum Gasteiger partial charge on any atom is 0.227 e. The standard InChI is InChI=1S/C19H23BrN4O2/c1-26-12-14-11-23(22-21-14)17-9-15-6-7-16(10-17)24(15)19(25)8-13-4-2-3-5-18(13)20/h2-5,11,15-17H,6-10,12H2,1H3. The summed E-state index contributed by atoms with van der Waals surface area (Å²) in [5.74, 6) is 0.238. The zero-order valence-electron chi connectivity index (χ0n) is 14.8. The van der Waals surface area contributed by atoms with Crippen LogP contribution in [0.4, 0.5) is 0 Å². The summed E-state index contributed by atoms with van der Waals surface area (Å²) in [4.78, 5) is 15.1. The highest BCUT2D eigenvalue weighted by atomic mass is 79.9. The van der Waals surface area contributed by atoms with Crippen molar-refractivity contribution >= 4 is 21.8 Å². The van der Waals surface area contributed by atoms with Crippen LogP contribution in [0, 0.1) is 0 Å². The molecule has 7 heteroatoms. The number of nitrogens with zero attached hydrogens (tertiary/aromatic N) is 4. The Labute approximate surface area is 161 Å². The number of rotatable bonds is 5. The summed E-state index contributed by atoms with van der Waals surface area (Å²) >= 11 is 3.55. The molecule has 1 aromatic heterocycles. The fourth-order valence-corrected chi connectivity index (χ4v) is 4.80. The Morgan fingerprint density at radius 1 is 1.23 bits per heavy atom. The Kier molecular flexibility index (Phi) is 5.09. The number of methoxy groups -OCH3 is 1. The molecule has 6 nitrogen and oxygen atoms in total. The number of ether oxygens (including phenoxy) is 1. The summed E-state index contributed by atoms with van der Waals surface area (Å²) in [6.07, 6.45) is 6.51. The van der Waals surface area contributed by atoms with Crippen LogP contribution in [-0.2, 0) is 22.6 Å². The van der Waals surface area contributed by atoms with Crippen LogP contribution in [0.2, 0.25) is 0 Å². The van der Waals surface area contributed by atoms with Gasteiger partial charge in [-0.1, -0.05) is 39.3 Å². The van der Waals surface area contributed by atoms with Crippen molar-refractivity contribution in [3.8, 4) is 0 Å². The maximum atomic E-state index is 13.0. The Bertz CT molecular complexity index is 779. The van der Waals surface area contributed by atoms with E-state index < -0.39 is 0 Å². The average molecular weight is 419 g/mol. The SMILES string of the molecule is COCc1cn(C2CC3CCC(C2)N3C(=O)Cc2ccccc2Br)nn1. The van der Waals surface area contributed by atoms with Gasteiger partial charge in [-0.05, 0) is 37.3 Å². The largest absolute Gasteiger partial charge is 0.378 e. The third-order valence-electron chi connectivity index (χ3n) is 5.52. The first-order valence-electron chi connectivity index (χ1n) is 9.10. The van der Waals surface area contributed by atoms with E-state index in [0.717, 1.165) is 41.4 Å². The molecule has 0 N–H and O–H groups in total. The summed E-state index contributed by atoms with van der Waals surface area (Å²) in [5.41, 5.74) is 1.91. The van der Waals surface area contributed by atoms with Gasteiger partial charge in [-0.2, -0.15) is 0 Å². The molecular formula is C19H23BrN4O2. The molecule has 2 bridgehead atoms. The molecule has 26 heavy (non-hydrogen) atoms. The lowest BCUT2D eigenvalue weighted by atomic mass is 9.96. The van der Waals surface area contributed by atoms with E-state index in [0.29, 0.717) is 31.2 Å². The number of benzene rings is 1. The lowest BCUT2D eigenvalue weighted by Gasteiger charge is -2.39. The van der Waals surface area contributed by atoms with Crippen LogP contribution in [0.3, 0.4) is 0 Å². The van der Waals surface area contributed by atoms with Crippen molar-refractivity contribution < 1.29 is 9.53 Å². The first-order valence-corrected chi connectivity index (χ1v) is 9.89. The van der Waals surface area contributed by atoms with Gasteiger partial charge in [0.05, 0.1) is 25.3 Å². The molecule has 138 valence electrons. The quantitative estimate of drug-likeness (QED) is 0.747. The third kappa shape index (κ3) is 3.42. The van der Waals surface area contributed by atoms with Crippen molar-refractivity contribution in [1.29, 1.82) is 0 Å². The molecule has 1 aromatic carbocycles. The molecule has 3 heterocycles. The van der Waals surface area contributed by atoms with E-state index >= 15 is 0 Å². The molecule has 2 unspecified atom stereocenters. The van der Waals surface area contributed by atoms with Gasteiger partial charge in [-0.15, -0.1) is 5.10 Å². The summed E-state index contributed by atoms with van der Waals surface area (Å²) in [6, 6.07) is 8.90. The normalized spacial score (nSPS) is 24.8. The number of hydrogen-bond donors (Lipinski definition) is 0. The minimum absolute atomic E-state index is 0.238. The maximum absolute atomic E-state index is 13.0. The third-order valence-corrected chi connectivity index (χ3v) is 6.29. The van der Waals surface area contributed by atoms with E-state index in [4.69, 9.17) is 4.74 Å². The van der Waals surface area contributed by atoms with Crippen molar-refractivity contribution in [2.75, 3.05) is 7.11 Å². The van der Waals surface area contributed by atoms with Gasteiger partial charge in [0.2, 0.25) is 5.91 Å². The summed E-state index contributed by atoms with van der Waals surface area (Å²) in [7, 11) is 1.66. The number of carbonyl (C=O) groups excluding carboxylic acids is 1. The average Bonchev–Trinajstić information content (AvgIpc) is 3.20. The second-order valence-electron chi connectivity index (χ2n) is 7.20. The van der Waals surface area contributed by atoms with E-state index in [2.05, 4.69) is 31.1 Å². The molecule has 2 aliphatic rings. The van der Waals surface area contributed by atoms with Gasteiger partial charge in [0.1, 0.15) is 5.69 Å². The summed E-state index contributed by atoms with van der Waals surface area (Å²) < 4.78 is 8.10. The zero-order chi connectivity index (χ0) is 18.1. The first kappa shape index (κ1) is 17.7. The van der Waals surface area contributed by atoms with Gasteiger partial charge < -0.3 is 9.64 Å². The van der Waals surface area contributed by atoms with Crippen molar-refractivity contribution in [3.63, 3.8) is 0 Å². The predicted molar refractivity (Wildman–Crippen MR) is 101 cm³/mol. The molecule has 1 amide bonds. The monoisotopic (exact) mass is 418 g/mol. The Balaban J connectivity index is 1.45. The second kappa shape index (κ2) is 7.48. The summed E-state index contributed by atoms with van der Waals surface area (Å²) in [5, 5.41) is 8.45. The Morgan fingerprint density at radius 2 is 1.96 bits per heavy atom. The molecular weight excluding hydrogens is 396 g/mol. The molecule has 2 aromatic rings. The van der Waals surface area contributed by atoms with Gasteiger partial charge in [0.15, 0.2) is 0 Å². The smallest absolute Gasteiger partial charge is 0.227 e. The van der Waals surface area contributed by atoms with Crippen LogP contribution in [0.15, 0.2) is 34.9 Å². The number of hydrogen-bond acceptors (Lipinski definition) is 4. The number of carbonyl (C=O) groups is 1. The molecule has 0 aliphatic carbocycles. The van der Waals surface area contributed by atoms with E-state index in [1.807, 2.05) is 35.1 Å². The van der Waals surface area contributed by atoms with Gasteiger partial charge in [-0.3, -0.25) is 4.79 Å². The molecule has 2 saturated heterocycles. The molecule has 0 radical (unpaired) electrons. The minimum Gasteiger partial charge on any atom is -0.378 e. The predicted octanol–water partition coefficient (Wildman–Crippen LogP) is 3.12. The summed E-state index contributed by atoms with van der Waals surface area (Å²) in [6.45, 7) is 0.482. The van der Waals surface area contributed by atoms with Crippen LogP contribution in [0.25, 0.3) is 0 Å². The van der Waals surface area contributed by atoms with Gasteiger partial charge in [0.25, 0.3) is 0 Å². The molecule has 0 saturated carbocycles. The van der Waals surface area contributed by atoms with Crippen LogP contribution >= 0.6 is 15.9 Å². The number of piperidine rings is 1. The van der Waals surface area contributed by atoms with E-state index in [1.165, 1.54) is 0 Å². The van der Waals surface area contributed by atoms with Crippen LogP contribution in [0.1, 0.15) is 43.0 Å². The van der Waals surface area contributed by atoms with Crippen LogP contribution in [-0.4, -0.2) is 45.0 Å². The van der Waals surface area contributed by atoms with Crippen molar-refractivity contribution in [1.82, 2.24) is 19.9 Å². The number of amides is 1. The lowest BCUT2D eigenvalue weighted by molar-refractivity contribution is -0.135. The van der Waals surface area contributed by atoms with Crippen molar-refractivity contribution in [3.05, 3.63) is 46.2 Å². The van der Waals surface area contributed by atoms with E-state index in [-0.39, 0.29) is 5.91 Å². The fourth-order valence-electron chi connectivity index (χ4n) is 4.37. The van der Waals surface area contributed by atoms with Crippen molar-refractivity contribution in [2.24, 2.45) is 0 Å². The number of fused-ring (bicyclic) bond motifs is 2. The fraction of sp³-hybridized carbons (Fsp3) is 0.526. The van der Waals surface area contributed by atoms with Gasteiger partial charge in [-0.25, -0.2) is 4.68 Å². The zero-order valence-corrected chi connectivity index (χ0v) is 16.4. The van der Waals surface area contributed by atoms with Crippen molar-refractivity contribution in [2.45, 2.75) is 56.8 Å². The number of aromatic nitrogens is 3.